The molecule has 9 nitrogen and oxygen atoms in total. The number of halogens is 5. The Kier molecular flexibility index (Phi) is 8.95. The number of ether oxygens (including phenoxy) is 1. The molecule has 3 aromatic rings. The number of amides is 1. The van der Waals surface area contributed by atoms with Crippen LogP contribution in [0.5, 0.6) is 5.75 Å². The SMILES string of the molecule is COc1ccc(Cl)cc1N(CC(=O)Nc1ccc(S(=O)(=O)Nc2ccc(Cl)c(C(F)(F)F)c2)cc1)S(C)(=O)=O. The van der Waals surface area contributed by atoms with E-state index >= 15 is 0 Å². The van der Waals surface area contributed by atoms with Crippen LogP contribution in [0.15, 0.2) is 65.6 Å². The van der Waals surface area contributed by atoms with Crippen LogP contribution in [0, 0.1) is 0 Å². The summed E-state index contributed by atoms with van der Waals surface area (Å²) in [6, 6.07) is 11.5. The van der Waals surface area contributed by atoms with Gasteiger partial charge in [-0.25, -0.2) is 16.8 Å². The summed E-state index contributed by atoms with van der Waals surface area (Å²) in [5.74, 6) is -0.611. The Morgan fingerprint density at radius 3 is 2.13 bits per heavy atom. The quantitative estimate of drug-likeness (QED) is 0.336. The number of carbonyl (C=O) groups excluding carboxylic acids is 1. The van der Waals surface area contributed by atoms with E-state index in [0.29, 0.717) is 6.07 Å². The van der Waals surface area contributed by atoms with Gasteiger partial charge in [-0.15, -0.1) is 0 Å². The van der Waals surface area contributed by atoms with Gasteiger partial charge in [-0.05, 0) is 60.7 Å². The van der Waals surface area contributed by atoms with Gasteiger partial charge < -0.3 is 10.1 Å². The predicted molar refractivity (Wildman–Crippen MR) is 143 cm³/mol. The van der Waals surface area contributed by atoms with E-state index in [0.717, 1.165) is 34.8 Å². The number of hydrogen-bond donors (Lipinski definition) is 2. The average molecular weight is 626 g/mol. The molecule has 3 aromatic carbocycles. The fourth-order valence-corrected chi connectivity index (χ4v) is 5.60. The van der Waals surface area contributed by atoms with Crippen molar-refractivity contribution in [2.24, 2.45) is 0 Å². The fraction of sp³-hybridized carbons (Fsp3) is 0.174. The van der Waals surface area contributed by atoms with E-state index in [1.807, 2.05) is 4.72 Å². The van der Waals surface area contributed by atoms with Gasteiger partial charge in [0.15, 0.2) is 0 Å². The first-order valence-electron chi connectivity index (χ1n) is 10.6. The number of rotatable bonds is 9. The molecule has 2 N–H and O–H groups in total. The molecule has 0 radical (unpaired) electrons. The summed E-state index contributed by atoms with van der Waals surface area (Å²) in [5.41, 5.74) is -1.41. The summed E-state index contributed by atoms with van der Waals surface area (Å²) in [6.07, 6.45) is -3.89. The van der Waals surface area contributed by atoms with Crippen molar-refractivity contribution >= 4 is 66.2 Å². The van der Waals surface area contributed by atoms with Crippen molar-refractivity contribution in [3.63, 3.8) is 0 Å². The smallest absolute Gasteiger partial charge is 0.417 e. The summed E-state index contributed by atoms with van der Waals surface area (Å²) < 4.78 is 97.4. The van der Waals surface area contributed by atoms with Gasteiger partial charge in [0.05, 0.1) is 34.5 Å². The summed E-state index contributed by atoms with van der Waals surface area (Å²) >= 11 is 11.5. The third-order valence-corrected chi connectivity index (χ3v) is 8.16. The van der Waals surface area contributed by atoms with Gasteiger partial charge in [-0.2, -0.15) is 13.2 Å². The zero-order valence-electron chi connectivity index (χ0n) is 20.1. The summed E-state index contributed by atoms with van der Waals surface area (Å²) in [4.78, 5) is 12.4. The molecule has 1 amide bonds. The molecule has 0 unspecified atom stereocenters. The molecule has 0 heterocycles. The lowest BCUT2D eigenvalue weighted by Crippen LogP contribution is -2.37. The summed E-state index contributed by atoms with van der Waals surface area (Å²) in [5, 5.41) is 2.07. The largest absolute Gasteiger partial charge is 0.495 e. The van der Waals surface area contributed by atoms with Crippen LogP contribution in [0.25, 0.3) is 0 Å². The van der Waals surface area contributed by atoms with Crippen LogP contribution in [0.4, 0.5) is 30.2 Å². The highest BCUT2D eigenvalue weighted by Crippen LogP contribution is 2.37. The summed E-state index contributed by atoms with van der Waals surface area (Å²) in [7, 11) is -6.95. The van der Waals surface area contributed by atoms with E-state index < -0.39 is 49.3 Å². The second-order valence-electron chi connectivity index (χ2n) is 7.96. The lowest BCUT2D eigenvalue weighted by atomic mass is 10.2. The maximum absolute atomic E-state index is 13.1. The molecule has 0 aliphatic carbocycles. The van der Waals surface area contributed by atoms with Gasteiger partial charge in [-0.1, -0.05) is 23.2 Å². The van der Waals surface area contributed by atoms with Gasteiger partial charge in [0.1, 0.15) is 12.3 Å². The Balaban J connectivity index is 1.77. The van der Waals surface area contributed by atoms with E-state index in [1.54, 1.807) is 0 Å². The van der Waals surface area contributed by atoms with Crippen molar-refractivity contribution in [2.45, 2.75) is 11.1 Å². The number of anilines is 3. The van der Waals surface area contributed by atoms with Crippen LogP contribution in [-0.2, 0) is 31.0 Å². The monoisotopic (exact) mass is 625 g/mol. The molecule has 0 aliphatic heterocycles. The number of nitrogens with zero attached hydrogens (tertiary/aromatic N) is 1. The summed E-state index contributed by atoms with van der Waals surface area (Å²) in [6.45, 7) is -0.657. The van der Waals surface area contributed by atoms with Crippen molar-refractivity contribution in [1.29, 1.82) is 0 Å². The van der Waals surface area contributed by atoms with Crippen molar-refractivity contribution < 1.29 is 39.5 Å². The van der Waals surface area contributed by atoms with Crippen LogP contribution in [0.1, 0.15) is 5.56 Å². The minimum atomic E-state index is -4.79. The molecule has 0 fully saturated rings. The van der Waals surface area contributed by atoms with Crippen molar-refractivity contribution in [2.75, 3.05) is 34.3 Å². The zero-order chi connectivity index (χ0) is 29.2. The highest BCUT2D eigenvalue weighted by molar-refractivity contribution is 7.92. The van der Waals surface area contributed by atoms with Crippen LogP contribution < -0.4 is 19.1 Å². The second kappa shape index (κ2) is 11.5. The first-order chi connectivity index (χ1) is 18.0. The molecular formula is C23H20Cl2F3N3O6S2. The van der Waals surface area contributed by atoms with Gasteiger partial charge in [0.2, 0.25) is 15.9 Å². The average Bonchev–Trinajstić information content (AvgIpc) is 2.82. The van der Waals surface area contributed by atoms with Crippen LogP contribution >= 0.6 is 23.2 Å². The Bertz CT molecular complexity index is 1600. The first-order valence-corrected chi connectivity index (χ1v) is 14.7. The third kappa shape index (κ3) is 7.68. The standard InChI is InChI=1S/C23H20Cl2F3N3O6S2/c1-37-21-10-3-14(24)11-20(21)31(38(2,33)34)13-22(32)29-15-4-7-17(8-5-15)39(35,36)30-16-6-9-19(25)18(12-16)23(26,27)28/h3-12,30H,13H2,1-2H3,(H,29,32). The molecule has 0 bridgehead atoms. The van der Waals surface area contributed by atoms with E-state index in [4.69, 9.17) is 27.9 Å². The van der Waals surface area contributed by atoms with E-state index in [1.165, 1.54) is 37.4 Å². The number of nitrogens with one attached hydrogen (secondary N) is 2. The number of methoxy groups -OCH3 is 1. The fourth-order valence-electron chi connectivity index (χ4n) is 3.31. The molecular weight excluding hydrogens is 606 g/mol. The number of alkyl halides is 3. The van der Waals surface area contributed by atoms with E-state index in [2.05, 4.69) is 5.32 Å². The number of benzene rings is 3. The zero-order valence-corrected chi connectivity index (χ0v) is 23.2. The van der Waals surface area contributed by atoms with Crippen molar-refractivity contribution in [3.8, 4) is 5.75 Å². The first kappa shape index (κ1) is 30.3. The van der Waals surface area contributed by atoms with E-state index in [9.17, 15) is 34.8 Å². The Morgan fingerprint density at radius 2 is 1.56 bits per heavy atom. The van der Waals surface area contributed by atoms with Gasteiger partial charge in [0, 0.05) is 16.4 Å². The number of sulfonamides is 2. The van der Waals surface area contributed by atoms with Gasteiger partial charge in [0.25, 0.3) is 10.0 Å². The lowest BCUT2D eigenvalue weighted by molar-refractivity contribution is -0.137. The Morgan fingerprint density at radius 1 is 0.949 bits per heavy atom. The molecule has 3 rings (SSSR count). The molecule has 0 saturated carbocycles. The van der Waals surface area contributed by atoms with Crippen LogP contribution in [-0.4, -0.2) is 42.7 Å². The van der Waals surface area contributed by atoms with Crippen molar-refractivity contribution in [3.05, 3.63) is 76.3 Å². The highest BCUT2D eigenvalue weighted by Gasteiger charge is 2.33. The van der Waals surface area contributed by atoms with Crippen molar-refractivity contribution in [1.82, 2.24) is 0 Å². The topological polar surface area (TPSA) is 122 Å². The lowest BCUT2D eigenvalue weighted by Gasteiger charge is -2.24. The number of hydrogen-bond acceptors (Lipinski definition) is 6. The van der Waals surface area contributed by atoms with E-state index in [-0.39, 0.29) is 32.7 Å². The molecule has 39 heavy (non-hydrogen) atoms. The minimum absolute atomic E-state index is 0.0334. The predicted octanol–water partition coefficient (Wildman–Crippen LogP) is 5.23. The molecule has 210 valence electrons. The maximum atomic E-state index is 13.1. The van der Waals surface area contributed by atoms with Crippen LogP contribution in [0.2, 0.25) is 10.0 Å². The number of carbonyl (C=O) groups is 1. The highest BCUT2D eigenvalue weighted by atomic mass is 35.5. The third-order valence-electron chi connectivity index (χ3n) is 5.07. The molecule has 0 spiro atoms. The normalized spacial score (nSPS) is 12.1. The second-order valence-corrected chi connectivity index (χ2v) is 12.4. The maximum Gasteiger partial charge on any atom is 0.417 e. The van der Waals surface area contributed by atoms with Crippen LogP contribution in [0.3, 0.4) is 0 Å². The molecule has 0 atom stereocenters. The molecule has 0 aromatic heterocycles. The molecule has 0 aliphatic rings. The molecule has 16 heteroatoms. The Hall–Kier alpha value is -3.20. The van der Waals surface area contributed by atoms with Gasteiger partial charge in [-0.3, -0.25) is 13.8 Å². The molecule has 0 saturated heterocycles. The minimum Gasteiger partial charge on any atom is -0.495 e. The Labute approximate surface area is 232 Å². The van der Waals surface area contributed by atoms with Gasteiger partial charge >= 0.3 is 6.18 Å².